The average molecular weight is 371 g/mol. The minimum Gasteiger partial charge on any atom is -0.480 e. The summed E-state index contributed by atoms with van der Waals surface area (Å²) in [5.41, 5.74) is 6.57. The van der Waals surface area contributed by atoms with E-state index in [1.165, 1.54) is 6.33 Å². The fraction of sp³-hybridized carbons (Fsp3) is 0.600. The van der Waals surface area contributed by atoms with Gasteiger partial charge in [-0.3, -0.25) is 9.59 Å². The molecule has 0 aliphatic heterocycles. The summed E-state index contributed by atoms with van der Waals surface area (Å²) in [5.74, 6) is -2.19. The van der Waals surface area contributed by atoms with Gasteiger partial charge in [0.25, 0.3) is 0 Å². The summed E-state index contributed by atoms with van der Waals surface area (Å²) < 4.78 is 0. The molecule has 1 rings (SSSR count). The van der Waals surface area contributed by atoms with Gasteiger partial charge in [-0.1, -0.05) is 13.8 Å². The SMILES string of the molecule is CC(C)CC(NC(=O)C(N)Cc1cnc[nH]1)C(=O)NC(CS)C(=O)O. The Morgan fingerprint density at radius 1 is 1.28 bits per heavy atom. The summed E-state index contributed by atoms with van der Waals surface area (Å²) in [6, 6.07) is -2.86. The van der Waals surface area contributed by atoms with Crippen molar-refractivity contribution in [3.63, 3.8) is 0 Å². The average Bonchev–Trinajstić information content (AvgIpc) is 3.03. The maximum absolute atomic E-state index is 12.3. The molecule has 0 radical (unpaired) electrons. The van der Waals surface area contributed by atoms with Crippen molar-refractivity contribution in [3.05, 3.63) is 18.2 Å². The van der Waals surface area contributed by atoms with Gasteiger partial charge in [0.05, 0.1) is 12.4 Å². The fourth-order valence-corrected chi connectivity index (χ4v) is 2.41. The molecule has 1 aromatic heterocycles. The predicted molar refractivity (Wildman–Crippen MR) is 95.1 cm³/mol. The normalized spacial score (nSPS) is 14.6. The molecule has 0 bridgehead atoms. The molecule has 0 fully saturated rings. The topological polar surface area (TPSA) is 150 Å². The van der Waals surface area contributed by atoms with Crippen LogP contribution in [0.4, 0.5) is 0 Å². The summed E-state index contributed by atoms with van der Waals surface area (Å²) >= 11 is 3.91. The summed E-state index contributed by atoms with van der Waals surface area (Å²) in [4.78, 5) is 42.4. The highest BCUT2D eigenvalue weighted by molar-refractivity contribution is 7.80. The van der Waals surface area contributed by atoms with Crippen LogP contribution in [0.1, 0.15) is 26.0 Å². The second-order valence-electron chi connectivity index (χ2n) is 6.16. The predicted octanol–water partition coefficient (Wildman–Crippen LogP) is -0.690. The lowest BCUT2D eigenvalue weighted by Crippen LogP contribution is -2.55. The van der Waals surface area contributed by atoms with E-state index in [4.69, 9.17) is 10.8 Å². The van der Waals surface area contributed by atoms with Gasteiger partial charge in [-0.05, 0) is 12.3 Å². The first kappa shape index (κ1) is 21.0. The maximum atomic E-state index is 12.3. The maximum Gasteiger partial charge on any atom is 0.327 e. The van der Waals surface area contributed by atoms with E-state index >= 15 is 0 Å². The lowest BCUT2D eigenvalue weighted by Gasteiger charge is -2.23. The Morgan fingerprint density at radius 3 is 2.40 bits per heavy atom. The number of hydrogen-bond donors (Lipinski definition) is 6. The highest BCUT2D eigenvalue weighted by Crippen LogP contribution is 2.07. The zero-order chi connectivity index (χ0) is 19.0. The Bertz CT molecular complexity index is 578. The smallest absolute Gasteiger partial charge is 0.327 e. The Kier molecular flexibility index (Phi) is 8.42. The van der Waals surface area contributed by atoms with Crippen LogP contribution in [0, 0.1) is 5.92 Å². The molecule has 3 unspecified atom stereocenters. The summed E-state index contributed by atoms with van der Waals surface area (Å²) in [6.45, 7) is 3.79. The number of nitrogens with zero attached hydrogens (tertiary/aromatic N) is 1. The van der Waals surface area contributed by atoms with Gasteiger partial charge in [0.2, 0.25) is 11.8 Å². The molecule has 0 saturated heterocycles. The van der Waals surface area contributed by atoms with Gasteiger partial charge >= 0.3 is 5.97 Å². The van der Waals surface area contributed by atoms with Crippen LogP contribution in [0.5, 0.6) is 0 Å². The van der Waals surface area contributed by atoms with Crippen molar-refractivity contribution in [2.75, 3.05) is 5.75 Å². The molecule has 0 aromatic carbocycles. The monoisotopic (exact) mass is 371 g/mol. The lowest BCUT2D eigenvalue weighted by molar-refractivity contribution is -0.141. The number of rotatable bonds is 10. The number of carbonyl (C=O) groups excluding carboxylic acids is 2. The molecule has 0 saturated carbocycles. The van der Waals surface area contributed by atoms with Crippen LogP contribution in [0.2, 0.25) is 0 Å². The molecule has 0 spiro atoms. The van der Waals surface area contributed by atoms with Gasteiger partial charge in [-0.25, -0.2) is 9.78 Å². The number of aliphatic carboxylic acids is 1. The van der Waals surface area contributed by atoms with E-state index in [0.29, 0.717) is 12.1 Å². The Balaban J connectivity index is 2.71. The number of amides is 2. The number of nitrogens with two attached hydrogens (primary N) is 1. The van der Waals surface area contributed by atoms with E-state index in [-0.39, 0.29) is 18.1 Å². The van der Waals surface area contributed by atoms with Crippen LogP contribution >= 0.6 is 12.6 Å². The zero-order valence-corrected chi connectivity index (χ0v) is 15.1. The first-order valence-electron chi connectivity index (χ1n) is 7.91. The highest BCUT2D eigenvalue weighted by atomic mass is 32.1. The fourth-order valence-electron chi connectivity index (χ4n) is 2.17. The van der Waals surface area contributed by atoms with E-state index in [0.717, 1.165) is 0 Å². The van der Waals surface area contributed by atoms with E-state index in [1.54, 1.807) is 6.20 Å². The molecular weight excluding hydrogens is 346 g/mol. The van der Waals surface area contributed by atoms with Crippen LogP contribution in [0.15, 0.2) is 12.5 Å². The number of carbonyl (C=O) groups is 3. The van der Waals surface area contributed by atoms with Crippen molar-refractivity contribution in [2.45, 2.75) is 44.8 Å². The number of H-pyrrole nitrogens is 1. The van der Waals surface area contributed by atoms with Gasteiger partial charge in [0.15, 0.2) is 0 Å². The zero-order valence-electron chi connectivity index (χ0n) is 14.2. The molecule has 1 aromatic rings. The summed E-state index contributed by atoms with van der Waals surface area (Å²) in [5, 5.41) is 14.0. The van der Waals surface area contributed by atoms with Crippen molar-refractivity contribution in [1.29, 1.82) is 0 Å². The number of carboxylic acids is 1. The number of hydrogen-bond acceptors (Lipinski definition) is 6. The molecule has 0 aliphatic rings. The number of aromatic amines is 1. The van der Waals surface area contributed by atoms with Gasteiger partial charge in [-0.15, -0.1) is 0 Å². The van der Waals surface area contributed by atoms with Gasteiger partial charge in [0, 0.05) is 24.1 Å². The molecule has 0 aliphatic carbocycles. The van der Waals surface area contributed by atoms with E-state index in [2.05, 4.69) is 33.2 Å². The lowest BCUT2D eigenvalue weighted by atomic mass is 10.0. The van der Waals surface area contributed by atoms with E-state index < -0.39 is 35.9 Å². The minimum atomic E-state index is -1.19. The Labute approximate surface area is 151 Å². The number of carboxylic acid groups (broad SMARTS) is 1. The van der Waals surface area contributed by atoms with E-state index in [1.807, 2.05) is 13.8 Å². The van der Waals surface area contributed by atoms with Crippen molar-refractivity contribution in [3.8, 4) is 0 Å². The molecule has 3 atom stereocenters. The third kappa shape index (κ3) is 7.14. The molecule has 140 valence electrons. The second kappa shape index (κ2) is 10.0. The van der Waals surface area contributed by atoms with Crippen LogP contribution < -0.4 is 16.4 Å². The molecule has 25 heavy (non-hydrogen) atoms. The number of imidazole rings is 1. The number of aromatic nitrogens is 2. The van der Waals surface area contributed by atoms with Crippen LogP contribution in [0.25, 0.3) is 0 Å². The van der Waals surface area contributed by atoms with Gasteiger partial charge in [-0.2, -0.15) is 12.6 Å². The molecule has 10 heteroatoms. The summed E-state index contributed by atoms with van der Waals surface area (Å²) in [6.07, 6.45) is 3.65. The van der Waals surface area contributed by atoms with Crippen LogP contribution in [-0.2, 0) is 20.8 Å². The van der Waals surface area contributed by atoms with Crippen molar-refractivity contribution >= 4 is 30.4 Å². The van der Waals surface area contributed by atoms with Crippen molar-refractivity contribution in [2.24, 2.45) is 11.7 Å². The van der Waals surface area contributed by atoms with Crippen LogP contribution in [0.3, 0.4) is 0 Å². The minimum absolute atomic E-state index is 0.0528. The largest absolute Gasteiger partial charge is 0.480 e. The first-order chi connectivity index (χ1) is 11.7. The molecule has 6 N–H and O–H groups in total. The molecule has 1 heterocycles. The third-order valence-corrected chi connectivity index (χ3v) is 3.83. The number of nitrogens with one attached hydrogen (secondary N) is 3. The third-order valence-electron chi connectivity index (χ3n) is 3.47. The quantitative estimate of drug-likeness (QED) is 0.300. The highest BCUT2D eigenvalue weighted by Gasteiger charge is 2.28. The first-order valence-corrected chi connectivity index (χ1v) is 8.55. The Morgan fingerprint density at radius 2 is 1.92 bits per heavy atom. The molecule has 2 amide bonds. The van der Waals surface area contributed by atoms with Crippen molar-refractivity contribution in [1.82, 2.24) is 20.6 Å². The standard InChI is InChI=1S/C15H25N5O4S/c1-8(2)3-11(14(22)20-12(6-25)15(23)24)19-13(21)10(16)4-9-5-17-7-18-9/h5,7-8,10-12,25H,3-4,6,16H2,1-2H3,(H,17,18)(H,19,21)(H,20,22)(H,23,24). The van der Waals surface area contributed by atoms with Crippen LogP contribution in [-0.4, -0.2) is 56.7 Å². The van der Waals surface area contributed by atoms with E-state index in [9.17, 15) is 14.4 Å². The molecule has 9 nitrogen and oxygen atoms in total. The Hall–Kier alpha value is -2.07. The van der Waals surface area contributed by atoms with Gasteiger partial charge < -0.3 is 26.5 Å². The van der Waals surface area contributed by atoms with Gasteiger partial charge in [0.1, 0.15) is 12.1 Å². The summed E-state index contributed by atoms with van der Waals surface area (Å²) in [7, 11) is 0. The van der Waals surface area contributed by atoms with Crippen molar-refractivity contribution < 1.29 is 19.5 Å². The molecular formula is C15H25N5O4S. The number of thiol groups is 1. The second-order valence-corrected chi connectivity index (χ2v) is 6.53.